The molecule has 0 aliphatic carbocycles. The van der Waals surface area contributed by atoms with E-state index in [2.05, 4.69) is 0 Å². The van der Waals surface area contributed by atoms with Crippen LogP contribution in [-0.4, -0.2) is 6.61 Å². The van der Waals surface area contributed by atoms with Crippen LogP contribution in [0.25, 0.3) is 0 Å². The molecule has 0 amide bonds. The van der Waals surface area contributed by atoms with Crippen molar-refractivity contribution in [1.82, 2.24) is 0 Å². The van der Waals surface area contributed by atoms with Gasteiger partial charge in [0.25, 0.3) is 0 Å². The molecule has 1 aromatic carbocycles. The van der Waals surface area contributed by atoms with Crippen LogP contribution in [-0.2, 0) is 6.42 Å². The monoisotopic (exact) mass is 186 g/mol. The molecule has 0 aliphatic rings. The molecule has 0 bridgehead atoms. The molecule has 0 atom stereocenters. The molecule has 0 unspecified atom stereocenters. The molecule has 1 rings (SSSR count). The van der Waals surface area contributed by atoms with E-state index in [1.54, 1.807) is 13.8 Å². The smallest absolute Gasteiger partial charge is 0.132 e. The zero-order valence-electron chi connectivity index (χ0n) is 7.73. The van der Waals surface area contributed by atoms with Gasteiger partial charge in [-0.2, -0.15) is 0 Å². The summed E-state index contributed by atoms with van der Waals surface area (Å²) in [6, 6.07) is 2.43. The van der Waals surface area contributed by atoms with Gasteiger partial charge in [0.05, 0.1) is 6.61 Å². The number of benzene rings is 1. The van der Waals surface area contributed by atoms with Crippen molar-refractivity contribution in [1.29, 1.82) is 0 Å². The Bertz CT molecular complexity index is 274. The highest BCUT2D eigenvalue weighted by molar-refractivity contribution is 5.30. The first-order valence-corrected chi connectivity index (χ1v) is 4.29. The van der Waals surface area contributed by atoms with Crippen molar-refractivity contribution in [3.05, 3.63) is 29.3 Å². The third kappa shape index (κ3) is 2.17. The van der Waals surface area contributed by atoms with E-state index in [0.29, 0.717) is 13.0 Å². The summed E-state index contributed by atoms with van der Waals surface area (Å²) in [6.45, 7) is 3.88. The maximum absolute atomic E-state index is 13.1. The molecule has 0 N–H and O–H groups in total. The first-order chi connectivity index (χ1) is 6.19. The first kappa shape index (κ1) is 9.96. The van der Waals surface area contributed by atoms with Gasteiger partial charge in [0.15, 0.2) is 0 Å². The van der Waals surface area contributed by atoms with E-state index in [9.17, 15) is 8.78 Å². The number of halogens is 2. The van der Waals surface area contributed by atoms with Crippen LogP contribution in [0.5, 0.6) is 5.75 Å². The molecular weight excluding hydrogens is 174 g/mol. The van der Waals surface area contributed by atoms with Crippen LogP contribution in [0.1, 0.15) is 19.4 Å². The Morgan fingerprint density at radius 1 is 1.15 bits per heavy atom. The lowest BCUT2D eigenvalue weighted by Crippen LogP contribution is -1.98. The van der Waals surface area contributed by atoms with Crippen LogP contribution in [0.3, 0.4) is 0 Å². The molecule has 0 spiro atoms. The van der Waals surface area contributed by atoms with Crippen molar-refractivity contribution in [2.45, 2.75) is 20.3 Å². The van der Waals surface area contributed by atoms with Crippen LogP contribution in [0, 0.1) is 11.6 Å². The van der Waals surface area contributed by atoms with Gasteiger partial charge in [0, 0.05) is 17.7 Å². The van der Waals surface area contributed by atoms with Crippen LogP contribution >= 0.6 is 0 Å². The zero-order chi connectivity index (χ0) is 9.84. The number of hydrogen-bond acceptors (Lipinski definition) is 1. The summed E-state index contributed by atoms with van der Waals surface area (Å²) < 4.78 is 31.2. The van der Waals surface area contributed by atoms with Crippen molar-refractivity contribution in [2.75, 3.05) is 6.61 Å². The van der Waals surface area contributed by atoms with Crippen molar-refractivity contribution < 1.29 is 13.5 Å². The highest BCUT2D eigenvalue weighted by Gasteiger charge is 2.09. The predicted octanol–water partition coefficient (Wildman–Crippen LogP) is 2.93. The second-order valence-corrected chi connectivity index (χ2v) is 2.65. The summed E-state index contributed by atoms with van der Waals surface area (Å²) >= 11 is 0. The van der Waals surface area contributed by atoms with E-state index in [4.69, 9.17) is 4.74 Å². The average Bonchev–Trinajstić information content (AvgIpc) is 2.04. The second-order valence-electron chi connectivity index (χ2n) is 2.65. The van der Waals surface area contributed by atoms with Gasteiger partial charge in [-0.15, -0.1) is 0 Å². The van der Waals surface area contributed by atoms with Gasteiger partial charge in [-0.3, -0.25) is 0 Å². The topological polar surface area (TPSA) is 9.23 Å². The second kappa shape index (κ2) is 4.21. The molecule has 0 aromatic heterocycles. The quantitative estimate of drug-likeness (QED) is 0.705. The molecule has 0 saturated carbocycles. The predicted molar refractivity (Wildman–Crippen MR) is 46.9 cm³/mol. The van der Waals surface area contributed by atoms with Gasteiger partial charge in [0.1, 0.15) is 17.4 Å². The highest BCUT2D eigenvalue weighted by atomic mass is 19.1. The van der Waals surface area contributed by atoms with Crippen molar-refractivity contribution in [3.63, 3.8) is 0 Å². The number of ether oxygens (including phenoxy) is 1. The Hall–Kier alpha value is -1.12. The van der Waals surface area contributed by atoms with E-state index in [0.717, 1.165) is 0 Å². The molecule has 0 aliphatic heterocycles. The Morgan fingerprint density at radius 2 is 1.69 bits per heavy atom. The molecular formula is C10H12F2O. The lowest BCUT2D eigenvalue weighted by Gasteiger charge is -2.06. The minimum atomic E-state index is -0.536. The minimum absolute atomic E-state index is 0.114. The van der Waals surface area contributed by atoms with E-state index in [-0.39, 0.29) is 11.3 Å². The van der Waals surface area contributed by atoms with Gasteiger partial charge < -0.3 is 4.74 Å². The molecule has 0 fully saturated rings. The van der Waals surface area contributed by atoms with Gasteiger partial charge in [-0.05, 0) is 13.3 Å². The fraction of sp³-hybridized carbons (Fsp3) is 0.400. The Morgan fingerprint density at radius 3 is 2.08 bits per heavy atom. The Balaban J connectivity index is 3.05. The fourth-order valence-electron chi connectivity index (χ4n) is 1.17. The first-order valence-electron chi connectivity index (χ1n) is 4.29. The molecule has 0 saturated heterocycles. The van der Waals surface area contributed by atoms with Crippen molar-refractivity contribution in [3.8, 4) is 5.75 Å². The molecule has 1 nitrogen and oxygen atoms in total. The molecule has 0 heterocycles. The lowest BCUT2D eigenvalue weighted by atomic mass is 10.1. The van der Waals surface area contributed by atoms with Crippen LogP contribution in [0.15, 0.2) is 12.1 Å². The molecule has 72 valence electrons. The van der Waals surface area contributed by atoms with Crippen LogP contribution in [0.4, 0.5) is 8.78 Å². The Kier molecular flexibility index (Phi) is 3.23. The molecule has 0 radical (unpaired) electrons. The molecule has 13 heavy (non-hydrogen) atoms. The van der Waals surface area contributed by atoms with E-state index >= 15 is 0 Å². The standard InChI is InChI=1S/C10H12F2O/c1-3-8-9(11)5-7(13-4-2)6-10(8)12/h5-6H,3-4H2,1-2H3. The zero-order valence-corrected chi connectivity index (χ0v) is 7.73. The average molecular weight is 186 g/mol. The van der Waals surface area contributed by atoms with E-state index < -0.39 is 11.6 Å². The van der Waals surface area contributed by atoms with E-state index in [1.165, 1.54) is 12.1 Å². The summed E-state index contributed by atoms with van der Waals surface area (Å²) in [5, 5.41) is 0. The summed E-state index contributed by atoms with van der Waals surface area (Å²) in [5.74, 6) is -0.827. The molecule has 3 heteroatoms. The SMILES string of the molecule is CCOc1cc(F)c(CC)c(F)c1. The summed E-state index contributed by atoms with van der Waals surface area (Å²) in [5.41, 5.74) is 0.114. The lowest BCUT2D eigenvalue weighted by molar-refractivity contribution is 0.335. The van der Waals surface area contributed by atoms with Gasteiger partial charge in [-0.25, -0.2) is 8.78 Å². The number of hydrogen-bond donors (Lipinski definition) is 0. The summed E-state index contributed by atoms with van der Waals surface area (Å²) in [6.07, 6.45) is 0.351. The van der Waals surface area contributed by atoms with Gasteiger partial charge >= 0.3 is 0 Å². The maximum atomic E-state index is 13.1. The summed E-state index contributed by atoms with van der Waals surface area (Å²) in [7, 11) is 0. The number of rotatable bonds is 3. The normalized spacial score (nSPS) is 10.2. The van der Waals surface area contributed by atoms with Crippen molar-refractivity contribution in [2.24, 2.45) is 0 Å². The largest absolute Gasteiger partial charge is 0.494 e. The highest BCUT2D eigenvalue weighted by Crippen LogP contribution is 2.20. The van der Waals surface area contributed by atoms with Gasteiger partial charge in [-0.1, -0.05) is 6.92 Å². The maximum Gasteiger partial charge on any atom is 0.132 e. The Labute approximate surface area is 76.3 Å². The fourth-order valence-corrected chi connectivity index (χ4v) is 1.17. The van der Waals surface area contributed by atoms with Crippen LogP contribution in [0.2, 0.25) is 0 Å². The van der Waals surface area contributed by atoms with E-state index in [1.807, 2.05) is 0 Å². The third-order valence-electron chi connectivity index (χ3n) is 1.78. The van der Waals surface area contributed by atoms with Crippen molar-refractivity contribution >= 4 is 0 Å². The summed E-state index contributed by atoms with van der Waals surface area (Å²) in [4.78, 5) is 0. The minimum Gasteiger partial charge on any atom is -0.494 e. The third-order valence-corrected chi connectivity index (χ3v) is 1.78. The van der Waals surface area contributed by atoms with Gasteiger partial charge in [0.2, 0.25) is 0 Å². The van der Waals surface area contributed by atoms with Crippen LogP contribution < -0.4 is 4.74 Å². The molecule has 1 aromatic rings.